The minimum atomic E-state index is -0.257. The third-order valence-corrected chi connectivity index (χ3v) is 3.56. The molecule has 2 aromatic heterocycles. The van der Waals surface area contributed by atoms with Crippen LogP contribution in [0.3, 0.4) is 0 Å². The summed E-state index contributed by atoms with van der Waals surface area (Å²) in [5.74, 6) is 1.36. The first kappa shape index (κ1) is 16.7. The van der Waals surface area contributed by atoms with Crippen LogP contribution in [0.5, 0.6) is 0 Å². The van der Waals surface area contributed by atoms with Gasteiger partial charge in [0, 0.05) is 42.7 Å². The summed E-state index contributed by atoms with van der Waals surface area (Å²) in [6, 6.07) is 7.00. The van der Waals surface area contributed by atoms with Crippen molar-refractivity contribution < 1.29 is 9.32 Å². The lowest BCUT2D eigenvalue weighted by Gasteiger charge is -2.08. The van der Waals surface area contributed by atoms with E-state index in [1.54, 1.807) is 24.7 Å². The Labute approximate surface area is 145 Å². The Morgan fingerprint density at radius 1 is 1.28 bits per heavy atom. The van der Waals surface area contributed by atoms with E-state index in [1.165, 1.54) is 0 Å². The zero-order valence-electron chi connectivity index (χ0n) is 14.1. The molecule has 0 aliphatic rings. The van der Waals surface area contributed by atoms with Gasteiger partial charge >= 0.3 is 6.03 Å². The van der Waals surface area contributed by atoms with Crippen LogP contribution in [0.2, 0.25) is 0 Å². The number of hydrogen-bond donors (Lipinski definition) is 2. The van der Waals surface area contributed by atoms with Gasteiger partial charge in [-0.3, -0.25) is 0 Å². The third-order valence-electron chi connectivity index (χ3n) is 3.56. The highest BCUT2D eigenvalue weighted by atomic mass is 16.5. The van der Waals surface area contributed by atoms with E-state index < -0.39 is 0 Å². The Hall–Kier alpha value is -3.16. The lowest BCUT2D eigenvalue weighted by Crippen LogP contribution is -2.31. The fourth-order valence-electron chi connectivity index (χ4n) is 2.18. The second-order valence-electron chi connectivity index (χ2n) is 5.87. The van der Waals surface area contributed by atoms with Crippen LogP contribution < -0.4 is 10.6 Å². The molecule has 1 aromatic carbocycles. The topological polar surface area (TPSA) is 97.9 Å². The summed E-state index contributed by atoms with van der Waals surface area (Å²) in [6.45, 7) is 5.20. The molecule has 0 saturated heterocycles. The molecule has 3 rings (SSSR count). The molecular weight excluding hydrogens is 320 g/mol. The number of carbonyl (C=O) groups excluding carboxylic acids is 1. The molecule has 0 radical (unpaired) electrons. The van der Waals surface area contributed by atoms with Crippen LogP contribution in [-0.4, -0.2) is 32.3 Å². The van der Waals surface area contributed by atoms with E-state index in [1.807, 2.05) is 36.7 Å². The van der Waals surface area contributed by atoms with Gasteiger partial charge in [-0.05, 0) is 24.3 Å². The van der Waals surface area contributed by atoms with Gasteiger partial charge in [-0.2, -0.15) is 4.98 Å². The first-order chi connectivity index (χ1) is 12.1. The number of nitrogens with one attached hydrogen (secondary N) is 2. The lowest BCUT2D eigenvalue weighted by atomic mass is 10.2. The fourth-order valence-corrected chi connectivity index (χ4v) is 2.18. The number of aromatic nitrogens is 4. The summed E-state index contributed by atoms with van der Waals surface area (Å²) in [5.41, 5.74) is 1.50. The third kappa shape index (κ3) is 4.43. The molecule has 3 aromatic rings. The first-order valence-electron chi connectivity index (χ1n) is 8.06. The Balaban J connectivity index is 1.52. The van der Waals surface area contributed by atoms with E-state index >= 15 is 0 Å². The summed E-state index contributed by atoms with van der Waals surface area (Å²) in [7, 11) is 0. The van der Waals surface area contributed by atoms with Crippen molar-refractivity contribution in [2.75, 3.05) is 11.9 Å². The summed E-state index contributed by atoms with van der Waals surface area (Å²) in [4.78, 5) is 20.2. The number of nitrogens with zero attached hydrogens (tertiary/aromatic N) is 4. The number of carbonyl (C=O) groups is 1. The van der Waals surface area contributed by atoms with E-state index in [0.717, 1.165) is 5.56 Å². The van der Waals surface area contributed by atoms with Crippen molar-refractivity contribution in [2.24, 2.45) is 0 Å². The SMILES string of the molecule is CC(C)c1noc(-c2ccc(NC(=O)NCCn3ccnc3)cc2)n1. The second kappa shape index (κ2) is 7.61. The van der Waals surface area contributed by atoms with Gasteiger partial charge < -0.3 is 19.7 Å². The molecule has 130 valence electrons. The lowest BCUT2D eigenvalue weighted by molar-refractivity contribution is 0.251. The highest BCUT2D eigenvalue weighted by Crippen LogP contribution is 2.21. The van der Waals surface area contributed by atoms with E-state index in [-0.39, 0.29) is 11.9 Å². The predicted octanol–water partition coefficient (Wildman–Crippen LogP) is 2.88. The average molecular weight is 340 g/mol. The van der Waals surface area contributed by atoms with Crippen LogP contribution in [0, 0.1) is 0 Å². The van der Waals surface area contributed by atoms with Gasteiger partial charge in [-0.25, -0.2) is 9.78 Å². The maximum atomic E-state index is 11.9. The summed E-state index contributed by atoms with van der Waals surface area (Å²) in [6.07, 6.45) is 5.26. The van der Waals surface area contributed by atoms with Gasteiger partial charge in [0.1, 0.15) is 0 Å². The number of amides is 2. The Morgan fingerprint density at radius 3 is 2.72 bits per heavy atom. The van der Waals surface area contributed by atoms with E-state index in [4.69, 9.17) is 4.52 Å². The highest BCUT2D eigenvalue weighted by Gasteiger charge is 2.11. The van der Waals surface area contributed by atoms with E-state index in [0.29, 0.717) is 30.5 Å². The van der Waals surface area contributed by atoms with Gasteiger partial charge in [-0.15, -0.1) is 0 Å². The average Bonchev–Trinajstić information content (AvgIpc) is 3.27. The molecule has 0 bridgehead atoms. The molecule has 0 atom stereocenters. The van der Waals surface area contributed by atoms with Crippen molar-refractivity contribution in [2.45, 2.75) is 26.3 Å². The first-order valence-corrected chi connectivity index (χ1v) is 8.06. The number of imidazole rings is 1. The van der Waals surface area contributed by atoms with Gasteiger partial charge in [0.25, 0.3) is 5.89 Å². The van der Waals surface area contributed by atoms with Gasteiger partial charge in [0.05, 0.1) is 6.33 Å². The van der Waals surface area contributed by atoms with Gasteiger partial charge in [-0.1, -0.05) is 19.0 Å². The van der Waals surface area contributed by atoms with Crippen LogP contribution in [-0.2, 0) is 6.54 Å². The molecule has 25 heavy (non-hydrogen) atoms. The molecule has 0 aliphatic carbocycles. The number of urea groups is 1. The smallest absolute Gasteiger partial charge is 0.319 e. The number of anilines is 1. The Kier molecular flexibility index (Phi) is 5.08. The summed E-state index contributed by atoms with van der Waals surface area (Å²) >= 11 is 0. The van der Waals surface area contributed by atoms with Crippen molar-refractivity contribution in [3.8, 4) is 11.5 Å². The Bertz CT molecular complexity index is 808. The monoisotopic (exact) mass is 340 g/mol. The van der Waals surface area contributed by atoms with Crippen LogP contribution in [0.25, 0.3) is 11.5 Å². The molecule has 0 unspecified atom stereocenters. The fraction of sp³-hybridized carbons (Fsp3) is 0.294. The van der Waals surface area contributed by atoms with Crippen LogP contribution >= 0.6 is 0 Å². The van der Waals surface area contributed by atoms with E-state index in [9.17, 15) is 4.79 Å². The van der Waals surface area contributed by atoms with Crippen molar-refractivity contribution in [1.82, 2.24) is 25.0 Å². The van der Waals surface area contributed by atoms with Crippen molar-refractivity contribution in [3.05, 3.63) is 48.8 Å². The van der Waals surface area contributed by atoms with Crippen molar-refractivity contribution in [1.29, 1.82) is 0 Å². The zero-order chi connectivity index (χ0) is 17.6. The predicted molar refractivity (Wildman–Crippen MR) is 93.1 cm³/mol. The van der Waals surface area contributed by atoms with Crippen LogP contribution in [0.15, 0.2) is 47.5 Å². The molecular formula is C17H20N6O2. The molecule has 2 N–H and O–H groups in total. The number of hydrogen-bond acceptors (Lipinski definition) is 5. The molecule has 0 spiro atoms. The second-order valence-corrected chi connectivity index (χ2v) is 5.87. The van der Waals surface area contributed by atoms with Crippen LogP contribution in [0.4, 0.5) is 10.5 Å². The molecule has 2 heterocycles. The van der Waals surface area contributed by atoms with Gasteiger partial charge in [0.2, 0.25) is 0 Å². The number of benzene rings is 1. The molecule has 8 heteroatoms. The number of rotatable bonds is 6. The summed E-state index contributed by atoms with van der Waals surface area (Å²) in [5, 5.41) is 9.52. The minimum absolute atomic E-state index is 0.212. The minimum Gasteiger partial charge on any atom is -0.336 e. The van der Waals surface area contributed by atoms with E-state index in [2.05, 4.69) is 25.8 Å². The summed E-state index contributed by atoms with van der Waals surface area (Å²) < 4.78 is 7.15. The zero-order valence-corrected chi connectivity index (χ0v) is 14.1. The highest BCUT2D eigenvalue weighted by molar-refractivity contribution is 5.89. The largest absolute Gasteiger partial charge is 0.336 e. The normalized spacial score (nSPS) is 10.8. The molecule has 2 amide bonds. The maximum absolute atomic E-state index is 11.9. The van der Waals surface area contributed by atoms with Crippen molar-refractivity contribution >= 4 is 11.7 Å². The van der Waals surface area contributed by atoms with Crippen LogP contribution in [0.1, 0.15) is 25.6 Å². The molecule has 0 fully saturated rings. The molecule has 8 nitrogen and oxygen atoms in total. The molecule has 0 saturated carbocycles. The van der Waals surface area contributed by atoms with Crippen molar-refractivity contribution in [3.63, 3.8) is 0 Å². The van der Waals surface area contributed by atoms with Gasteiger partial charge in [0.15, 0.2) is 5.82 Å². The maximum Gasteiger partial charge on any atom is 0.319 e. The Morgan fingerprint density at radius 2 is 2.08 bits per heavy atom. The standard InChI is InChI=1S/C17H20N6O2/c1-12(2)15-21-16(25-22-15)13-3-5-14(6-4-13)20-17(24)19-8-10-23-9-7-18-11-23/h3-7,9,11-12H,8,10H2,1-2H3,(H2,19,20,24). The quantitative estimate of drug-likeness (QED) is 0.719. The molecule has 0 aliphatic heterocycles.